The first-order valence-electron chi connectivity index (χ1n) is 8.58. The molecule has 0 aliphatic carbocycles. The molecular weight excluding hydrogens is 451 g/mol. The molecule has 30 heavy (non-hydrogen) atoms. The van der Waals surface area contributed by atoms with Crippen molar-refractivity contribution in [3.05, 3.63) is 70.2 Å². The van der Waals surface area contributed by atoms with E-state index in [-0.39, 0.29) is 26.5 Å². The van der Waals surface area contributed by atoms with Crippen LogP contribution in [0.25, 0.3) is 10.8 Å². The van der Waals surface area contributed by atoms with Crippen molar-refractivity contribution < 1.29 is 23.1 Å². The Morgan fingerprint density at radius 1 is 0.967 bits per heavy atom. The summed E-state index contributed by atoms with van der Waals surface area (Å²) >= 11 is 11.9. The molecule has 10 heteroatoms. The van der Waals surface area contributed by atoms with Crippen LogP contribution >= 0.6 is 23.2 Å². The molecule has 7 nitrogen and oxygen atoms in total. The van der Waals surface area contributed by atoms with Gasteiger partial charge in [0.2, 0.25) is 0 Å². The molecule has 0 heterocycles. The largest absolute Gasteiger partial charge is 0.480 e. The zero-order valence-corrected chi connectivity index (χ0v) is 17.9. The van der Waals surface area contributed by atoms with Crippen molar-refractivity contribution in [1.29, 1.82) is 0 Å². The molecule has 0 saturated heterocycles. The molecule has 0 saturated carbocycles. The van der Waals surface area contributed by atoms with Crippen molar-refractivity contribution in [3.8, 4) is 0 Å². The van der Waals surface area contributed by atoms with Gasteiger partial charge in [0.25, 0.3) is 15.9 Å². The lowest BCUT2D eigenvalue weighted by atomic mass is 10.1. The van der Waals surface area contributed by atoms with Crippen molar-refractivity contribution in [2.45, 2.75) is 4.90 Å². The minimum Gasteiger partial charge on any atom is -0.480 e. The van der Waals surface area contributed by atoms with Crippen molar-refractivity contribution in [2.24, 2.45) is 0 Å². The fraction of sp³-hybridized carbons (Fsp3) is 0.100. The highest BCUT2D eigenvalue weighted by molar-refractivity contribution is 7.92. The van der Waals surface area contributed by atoms with Crippen LogP contribution in [0, 0.1) is 0 Å². The number of hydrogen-bond donors (Lipinski definition) is 2. The number of benzene rings is 3. The van der Waals surface area contributed by atoms with E-state index in [4.69, 9.17) is 23.2 Å². The van der Waals surface area contributed by atoms with Gasteiger partial charge in [0.05, 0.1) is 10.6 Å². The van der Waals surface area contributed by atoms with Gasteiger partial charge in [-0.1, -0.05) is 35.3 Å². The SMILES string of the molecule is CNC(=O)c1ccc2cc(N(CC(=O)O)S(=O)(=O)c3cc(Cl)cc(Cl)c3)ccc2c1. The van der Waals surface area contributed by atoms with E-state index in [9.17, 15) is 23.1 Å². The number of carboxylic acids is 1. The van der Waals surface area contributed by atoms with Crippen LogP contribution in [-0.4, -0.2) is 39.0 Å². The molecule has 0 unspecified atom stereocenters. The van der Waals surface area contributed by atoms with Crippen molar-refractivity contribution in [2.75, 3.05) is 17.9 Å². The maximum absolute atomic E-state index is 13.2. The molecule has 0 radical (unpaired) electrons. The monoisotopic (exact) mass is 466 g/mol. The Bertz CT molecular complexity index is 1240. The fourth-order valence-electron chi connectivity index (χ4n) is 2.92. The van der Waals surface area contributed by atoms with Crippen LogP contribution in [0.1, 0.15) is 10.4 Å². The Labute approximate surface area is 182 Å². The van der Waals surface area contributed by atoms with Crippen LogP contribution in [0.3, 0.4) is 0 Å². The van der Waals surface area contributed by atoms with Crippen molar-refractivity contribution in [3.63, 3.8) is 0 Å². The number of rotatable bonds is 6. The van der Waals surface area contributed by atoms with Gasteiger partial charge in [0.15, 0.2) is 0 Å². The van der Waals surface area contributed by atoms with Crippen LogP contribution in [0.4, 0.5) is 5.69 Å². The Balaban J connectivity index is 2.12. The number of amides is 1. The summed E-state index contributed by atoms with van der Waals surface area (Å²) in [6, 6.07) is 13.3. The molecule has 0 aromatic heterocycles. The van der Waals surface area contributed by atoms with Crippen molar-refractivity contribution in [1.82, 2.24) is 5.32 Å². The van der Waals surface area contributed by atoms with Gasteiger partial charge in [-0.25, -0.2) is 8.42 Å². The highest BCUT2D eigenvalue weighted by Crippen LogP contribution is 2.30. The van der Waals surface area contributed by atoms with E-state index in [1.165, 1.54) is 37.4 Å². The molecule has 0 bridgehead atoms. The summed E-state index contributed by atoms with van der Waals surface area (Å²) in [7, 11) is -2.75. The Kier molecular flexibility index (Phi) is 6.21. The lowest BCUT2D eigenvalue weighted by Gasteiger charge is -2.23. The number of aliphatic carboxylic acids is 1. The maximum atomic E-state index is 13.2. The van der Waals surface area contributed by atoms with E-state index in [2.05, 4.69) is 5.32 Å². The van der Waals surface area contributed by atoms with Crippen molar-refractivity contribution >= 4 is 61.6 Å². The van der Waals surface area contributed by atoms with E-state index < -0.39 is 22.5 Å². The molecule has 2 N–H and O–H groups in total. The van der Waals surface area contributed by atoms with Gasteiger partial charge in [-0.05, 0) is 53.2 Å². The average molecular weight is 467 g/mol. The first kappa shape index (κ1) is 21.9. The molecule has 3 rings (SSSR count). The molecule has 156 valence electrons. The predicted molar refractivity (Wildman–Crippen MR) is 116 cm³/mol. The third-order valence-electron chi connectivity index (χ3n) is 4.30. The number of hydrogen-bond acceptors (Lipinski definition) is 4. The summed E-state index contributed by atoms with van der Waals surface area (Å²) in [5.74, 6) is -1.59. The second-order valence-electron chi connectivity index (χ2n) is 6.34. The minimum absolute atomic E-state index is 0.108. The van der Waals surface area contributed by atoms with Gasteiger partial charge >= 0.3 is 5.97 Å². The maximum Gasteiger partial charge on any atom is 0.324 e. The minimum atomic E-state index is -4.27. The number of carbonyl (C=O) groups is 2. The van der Waals surface area contributed by atoms with E-state index in [1.807, 2.05) is 0 Å². The molecule has 0 aliphatic heterocycles. The zero-order valence-electron chi connectivity index (χ0n) is 15.6. The van der Waals surface area contributed by atoms with Crippen LogP contribution in [-0.2, 0) is 14.8 Å². The molecule has 0 aliphatic rings. The topological polar surface area (TPSA) is 104 Å². The Morgan fingerprint density at radius 2 is 1.57 bits per heavy atom. The zero-order chi connectivity index (χ0) is 22.1. The van der Waals surface area contributed by atoms with Gasteiger partial charge in [0, 0.05) is 22.7 Å². The lowest BCUT2D eigenvalue weighted by Crippen LogP contribution is -2.35. The number of carbonyl (C=O) groups excluding carboxylic acids is 1. The quantitative estimate of drug-likeness (QED) is 0.574. The van der Waals surface area contributed by atoms with E-state index >= 15 is 0 Å². The molecule has 0 spiro atoms. The molecule has 1 amide bonds. The molecule has 0 atom stereocenters. The number of anilines is 1. The average Bonchev–Trinajstić information content (AvgIpc) is 2.69. The van der Waals surface area contributed by atoms with Crippen LogP contribution in [0.5, 0.6) is 0 Å². The summed E-state index contributed by atoms with van der Waals surface area (Å²) in [4.78, 5) is 23.0. The number of fused-ring (bicyclic) bond motifs is 1. The number of sulfonamides is 1. The second-order valence-corrected chi connectivity index (χ2v) is 9.07. The standard InChI is InChI=1S/C20H16Cl2N2O5S/c1-23-20(27)14-3-2-13-7-17(5-4-12(13)6-14)24(11-19(25)26)30(28,29)18-9-15(21)8-16(22)10-18/h2-10H,11H2,1H3,(H,23,27)(H,25,26). The summed E-state index contributed by atoms with van der Waals surface area (Å²) in [5, 5.41) is 13.4. The summed E-state index contributed by atoms with van der Waals surface area (Å²) in [5.41, 5.74) is 0.593. The van der Waals surface area contributed by atoms with E-state index in [0.717, 1.165) is 4.31 Å². The summed E-state index contributed by atoms with van der Waals surface area (Å²) in [6.45, 7) is -0.797. The fourth-order valence-corrected chi connectivity index (χ4v) is 5.05. The van der Waals surface area contributed by atoms with Gasteiger partial charge in [0.1, 0.15) is 6.54 Å². The Hall–Kier alpha value is -2.81. The molecule has 3 aromatic rings. The number of halogens is 2. The highest BCUT2D eigenvalue weighted by atomic mass is 35.5. The summed E-state index contributed by atoms with van der Waals surface area (Å²) < 4.78 is 27.1. The smallest absolute Gasteiger partial charge is 0.324 e. The molecule has 0 fully saturated rings. The van der Waals surface area contributed by atoms with Gasteiger partial charge in [-0.2, -0.15) is 0 Å². The highest BCUT2D eigenvalue weighted by Gasteiger charge is 2.28. The van der Waals surface area contributed by atoms with Gasteiger partial charge < -0.3 is 10.4 Å². The van der Waals surface area contributed by atoms with E-state index in [0.29, 0.717) is 16.3 Å². The second kappa shape index (κ2) is 8.51. The predicted octanol–water partition coefficient (Wildman–Crippen LogP) is 3.79. The molecular formula is C20H16Cl2N2O5S. The summed E-state index contributed by atoms with van der Waals surface area (Å²) in [6.07, 6.45) is 0. The third-order valence-corrected chi connectivity index (χ3v) is 6.49. The van der Waals surface area contributed by atoms with Crippen LogP contribution in [0.15, 0.2) is 59.5 Å². The van der Waals surface area contributed by atoms with Gasteiger partial charge in [-0.3, -0.25) is 13.9 Å². The first-order chi connectivity index (χ1) is 14.1. The number of carboxylic acid groups (broad SMARTS) is 1. The lowest BCUT2D eigenvalue weighted by molar-refractivity contribution is -0.135. The van der Waals surface area contributed by atoms with E-state index in [1.54, 1.807) is 24.3 Å². The van der Waals surface area contributed by atoms with Crippen LogP contribution < -0.4 is 9.62 Å². The number of nitrogens with zero attached hydrogens (tertiary/aromatic N) is 1. The first-order valence-corrected chi connectivity index (χ1v) is 10.8. The molecule has 3 aromatic carbocycles. The normalized spacial score (nSPS) is 11.3. The van der Waals surface area contributed by atoms with Crippen LogP contribution in [0.2, 0.25) is 10.0 Å². The van der Waals surface area contributed by atoms with Gasteiger partial charge in [-0.15, -0.1) is 0 Å². The Morgan fingerprint density at radius 3 is 2.17 bits per heavy atom. The third kappa shape index (κ3) is 4.51. The number of nitrogens with one attached hydrogen (secondary N) is 1.